The molecular formula is C15H13Br2F. The van der Waals surface area contributed by atoms with Crippen molar-refractivity contribution in [3.05, 3.63) is 69.9 Å². The molecule has 0 saturated carbocycles. The van der Waals surface area contributed by atoms with Crippen LogP contribution < -0.4 is 0 Å². The van der Waals surface area contributed by atoms with Crippen molar-refractivity contribution >= 4 is 31.9 Å². The fraction of sp³-hybridized carbons (Fsp3) is 0.200. The fourth-order valence-corrected chi connectivity index (χ4v) is 2.85. The topological polar surface area (TPSA) is 0 Å². The molecule has 2 rings (SSSR count). The minimum absolute atomic E-state index is 0.196. The second kappa shape index (κ2) is 6.48. The van der Waals surface area contributed by atoms with Gasteiger partial charge in [0.25, 0.3) is 0 Å². The zero-order chi connectivity index (χ0) is 13.0. The Labute approximate surface area is 123 Å². The largest absolute Gasteiger partial charge is 0.206 e. The Kier molecular flexibility index (Phi) is 4.95. The highest BCUT2D eigenvalue weighted by Gasteiger charge is 2.10. The molecule has 0 aliphatic carbocycles. The van der Waals surface area contributed by atoms with Gasteiger partial charge in [0.1, 0.15) is 5.82 Å². The van der Waals surface area contributed by atoms with E-state index in [1.807, 2.05) is 24.3 Å². The molecular weight excluding hydrogens is 359 g/mol. The third kappa shape index (κ3) is 3.42. The molecule has 0 N–H and O–H groups in total. The summed E-state index contributed by atoms with van der Waals surface area (Å²) in [5.41, 5.74) is 2.26. The molecule has 2 aromatic rings. The summed E-state index contributed by atoms with van der Waals surface area (Å²) in [4.78, 5) is 0.300. The minimum Gasteiger partial charge on any atom is -0.206 e. The summed E-state index contributed by atoms with van der Waals surface area (Å²) in [5.74, 6) is -0.196. The lowest BCUT2D eigenvalue weighted by Gasteiger charge is -2.11. The zero-order valence-corrected chi connectivity index (χ0v) is 12.9. The molecule has 94 valence electrons. The zero-order valence-electron chi connectivity index (χ0n) is 9.74. The van der Waals surface area contributed by atoms with Crippen LogP contribution in [0.1, 0.15) is 22.4 Å². The maximum absolute atomic E-state index is 13.4. The van der Waals surface area contributed by atoms with Gasteiger partial charge in [0.2, 0.25) is 0 Å². The van der Waals surface area contributed by atoms with Gasteiger partial charge in [-0.2, -0.15) is 0 Å². The third-order valence-corrected chi connectivity index (χ3v) is 4.73. The molecule has 0 heterocycles. The average Bonchev–Trinajstić information content (AvgIpc) is 2.41. The van der Waals surface area contributed by atoms with Gasteiger partial charge in [0, 0.05) is 4.83 Å². The van der Waals surface area contributed by atoms with Crippen LogP contribution in [0.4, 0.5) is 4.39 Å². The molecule has 2 aromatic carbocycles. The molecule has 0 amide bonds. The van der Waals surface area contributed by atoms with E-state index in [4.69, 9.17) is 0 Å². The van der Waals surface area contributed by atoms with Crippen molar-refractivity contribution in [3.8, 4) is 0 Å². The second-order valence-electron chi connectivity index (χ2n) is 4.13. The quantitative estimate of drug-likeness (QED) is 0.608. The molecule has 1 atom stereocenters. The molecule has 1 unspecified atom stereocenters. The summed E-state index contributed by atoms with van der Waals surface area (Å²) < 4.78 is 13.9. The number of alkyl halides is 1. The molecule has 0 spiro atoms. The van der Waals surface area contributed by atoms with Crippen molar-refractivity contribution in [1.82, 2.24) is 0 Å². The molecule has 0 bridgehead atoms. The molecule has 0 aromatic heterocycles. The Bertz CT molecular complexity index is 511. The maximum Gasteiger partial charge on any atom is 0.137 e. The van der Waals surface area contributed by atoms with Crippen LogP contribution in [0.3, 0.4) is 0 Å². The lowest BCUT2D eigenvalue weighted by Crippen LogP contribution is -1.95. The van der Waals surface area contributed by atoms with Crippen LogP contribution in [0.5, 0.6) is 0 Å². The number of hydrogen-bond donors (Lipinski definition) is 0. The van der Waals surface area contributed by atoms with Crippen LogP contribution in [0, 0.1) is 5.82 Å². The second-order valence-corrected chi connectivity index (χ2v) is 6.03. The highest BCUT2D eigenvalue weighted by atomic mass is 79.9. The Morgan fingerprint density at radius 3 is 2.44 bits per heavy atom. The van der Waals surface area contributed by atoms with Crippen molar-refractivity contribution in [2.75, 3.05) is 0 Å². The third-order valence-electron chi connectivity index (χ3n) is 2.86. The first-order chi connectivity index (χ1) is 8.68. The van der Waals surface area contributed by atoms with E-state index in [2.05, 4.69) is 44.0 Å². The van der Waals surface area contributed by atoms with Gasteiger partial charge in [-0.1, -0.05) is 58.4 Å². The predicted molar refractivity (Wildman–Crippen MR) is 80.5 cm³/mol. The lowest BCUT2D eigenvalue weighted by molar-refractivity contribution is 0.617. The van der Waals surface area contributed by atoms with Gasteiger partial charge in [0.05, 0.1) is 4.47 Å². The van der Waals surface area contributed by atoms with Crippen molar-refractivity contribution in [2.24, 2.45) is 0 Å². The van der Waals surface area contributed by atoms with E-state index in [9.17, 15) is 4.39 Å². The molecule has 0 nitrogen and oxygen atoms in total. The van der Waals surface area contributed by atoms with E-state index in [1.54, 1.807) is 6.07 Å². The summed E-state index contributed by atoms with van der Waals surface area (Å²) in [6, 6.07) is 15.4. The summed E-state index contributed by atoms with van der Waals surface area (Å²) in [6.45, 7) is 0. The smallest absolute Gasteiger partial charge is 0.137 e. The van der Waals surface area contributed by atoms with Crippen molar-refractivity contribution in [2.45, 2.75) is 17.7 Å². The number of aryl methyl sites for hydroxylation is 1. The van der Waals surface area contributed by atoms with Gasteiger partial charge < -0.3 is 0 Å². The summed E-state index contributed by atoms with van der Waals surface area (Å²) in [5, 5.41) is 0. The van der Waals surface area contributed by atoms with Crippen LogP contribution >= 0.6 is 31.9 Å². The van der Waals surface area contributed by atoms with Crippen LogP contribution in [0.25, 0.3) is 0 Å². The Morgan fingerprint density at radius 1 is 1.00 bits per heavy atom. The van der Waals surface area contributed by atoms with E-state index in [0.717, 1.165) is 18.4 Å². The van der Waals surface area contributed by atoms with Gasteiger partial charge in [0.15, 0.2) is 0 Å². The molecule has 18 heavy (non-hydrogen) atoms. The SMILES string of the molecule is Fc1cccc(CCC(Br)c2ccccc2)c1Br. The highest BCUT2D eigenvalue weighted by Crippen LogP contribution is 2.30. The first kappa shape index (κ1) is 13.8. The van der Waals surface area contributed by atoms with Crippen molar-refractivity contribution in [3.63, 3.8) is 0 Å². The maximum atomic E-state index is 13.4. The summed E-state index contributed by atoms with van der Waals surface area (Å²) in [6.07, 6.45) is 1.77. The average molecular weight is 372 g/mol. The molecule has 0 aliphatic rings. The summed E-state index contributed by atoms with van der Waals surface area (Å²) >= 11 is 6.97. The Hall–Kier alpha value is -0.670. The number of rotatable bonds is 4. The molecule has 0 radical (unpaired) electrons. The van der Waals surface area contributed by atoms with E-state index >= 15 is 0 Å². The minimum atomic E-state index is -0.196. The highest BCUT2D eigenvalue weighted by molar-refractivity contribution is 9.10. The van der Waals surface area contributed by atoms with Crippen LogP contribution in [-0.4, -0.2) is 0 Å². The lowest BCUT2D eigenvalue weighted by atomic mass is 10.0. The van der Waals surface area contributed by atoms with Gasteiger partial charge >= 0.3 is 0 Å². The van der Waals surface area contributed by atoms with E-state index < -0.39 is 0 Å². The number of benzene rings is 2. The molecule has 0 saturated heterocycles. The predicted octanol–water partition coefficient (Wildman–Crippen LogP) is 5.66. The fourth-order valence-electron chi connectivity index (χ4n) is 1.85. The van der Waals surface area contributed by atoms with E-state index in [0.29, 0.717) is 9.30 Å². The number of halogens is 3. The Balaban J connectivity index is 2.02. The van der Waals surface area contributed by atoms with E-state index in [1.165, 1.54) is 11.6 Å². The molecule has 3 heteroatoms. The van der Waals surface area contributed by atoms with Crippen LogP contribution in [-0.2, 0) is 6.42 Å². The van der Waals surface area contributed by atoms with Gasteiger partial charge in [-0.25, -0.2) is 4.39 Å². The normalized spacial score (nSPS) is 12.4. The van der Waals surface area contributed by atoms with E-state index in [-0.39, 0.29) is 5.82 Å². The first-order valence-electron chi connectivity index (χ1n) is 5.80. The van der Waals surface area contributed by atoms with Crippen LogP contribution in [0.2, 0.25) is 0 Å². The van der Waals surface area contributed by atoms with Crippen LogP contribution in [0.15, 0.2) is 53.0 Å². The first-order valence-corrected chi connectivity index (χ1v) is 7.51. The molecule has 0 fully saturated rings. The van der Waals surface area contributed by atoms with Crippen molar-refractivity contribution < 1.29 is 4.39 Å². The standard InChI is InChI=1S/C15H13Br2F/c16-13(11-5-2-1-3-6-11)10-9-12-7-4-8-14(18)15(12)17/h1-8,13H,9-10H2. The Morgan fingerprint density at radius 2 is 1.72 bits per heavy atom. The van der Waals surface area contributed by atoms with Gasteiger partial charge in [-0.15, -0.1) is 0 Å². The number of hydrogen-bond acceptors (Lipinski definition) is 0. The van der Waals surface area contributed by atoms with Gasteiger partial charge in [-0.3, -0.25) is 0 Å². The van der Waals surface area contributed by atoms with Crippen molar-refractivity contribution in [1.29, 1.82) is 0 Å². The van der Waals surface area contributed by atoms with Gasteiger partial charge in [-0.05, 0) is 46.0 Å². The molecule has 0 aliphatic heterocycles. The summed E-state index contributed by atoms with van der Waals surface area (Å²) in [7, 11) is 0. The monoisotopic (exact) mass is 370 g/mol.